The van der Waals surface area contributed by atoms with Crippen molar-refractivity contribution in [3.63, 3.8) is 0 Å². The first-order valence-electron chi connectivity index (χ1n) is 12.7. The number of benzene rings is 3. The van der Waals surface area contributed by atoms with E-state index in [1.807, 2.05) is 6.92 Å². The minimum absolute atomic E-state index is 0.168. The number of carbonyl (C=O) groups excluding carboxylic acids is 4. The van der Waals surface area contributed by atoms with Crippen molar-refractivity contribution in [2.24, 2.45) is 0 Å². The van der Waals surface area contributed by atoms with Gasteiger partial charge in [-0.3, -0.25) is 9.59 Å². The predicted octanol–water partition coefficient (Wildman–Crippen LogP) is 3.02. The van der Waals surface area contributed by atoms with Crippen LogP contribution in [0.5, 0.6) is 0 Å². The van der Waals surface area contributed by atoms with E-state index in [0.717, 1.165) is 17.7 Å². The summed E-state index contributed by atoms with van der Waals surface area (Å²) in [4.78, 5) is 80.1. The molecule has 2 atom stereocenters. The molecule has 0 heterocycles. The van der Waals surface area contributed by atoms with Crippen LogP contribution in [0.1, 0.15) is 61.1 Å². The van der Waals surface area contributed by atoms with Crippen molar-refractivity contribution in [2.45, 2.75) is 45.3 Å². The van der Waals surface area contributed by atoms with Gasteiger partial charge in [0, 0.05) is 17.5 Å². The van der Waals surface area contributed by atoms with Crippen LogP contribution < -0.4 is 0 Å². The summed E-state index contributed by atoms with van der Waals surface area (Å²) in [6, 6.07) is 17.7. The fourth-order valence-electron chi connectivity index (χ4n) is 3.76. The summed E-state index contributed by atoms with van der Waals surface area (Å²) in [6.07, 6.45) is 0.168. The molecule has 2 unspecified atom stereocenters. The highest BCUT2D eigenvalue weighted by Crippen LogP contribution is 2.33. The van der Waals surface area contributed by atoms with Gasteiger partial charge in [-0.05, 0) is 44.0 Å². The Kier molecular flexibility index (Phi) is 11.2. The van der Waals surface area contributed by atoms with Crippen LogP contribution in [0.15, 0.2) is 72.8 Å². The van der Waals surface area contributed by atoms with Crippen molar-refractivity contribution in [3.8, 4) is 0 Å². The van der Waals surface area contributed by atoms with Crippen LogP contribution in [0.2, 0.25) is 0 Å². The lowest BCUT2D eigenvalue weighted by Crippen LogP contribution is -2.71. The molecule has 0 fully saturated rings. The molecule has 43 heavy (non-hydrogen) atoms. The largest absolute Gasteiger partial charge is 0.479 e. The highest BCUT2D eigenvalue weighted by atomic mass is 17.2. The van der Waals surface area contributed by atoms with E-state index in [1.165, 1.54) is 50.2 Å². The molecule has 0 aromatic heterocycles. The molecule has 0 saturated heterocycles. The summed E-state index contributed by atoms with van der Waals surface area (Å²) < 4.78 is 0. The standard InChI is InChI=1S/C20H18O8.C11H12O4/c1-11-7-3-5-9-13(11)15(21)19(27,17(23)24)20(28,18(25)26)16(22)14-10-6-4-8-12(14)2;1-3-10(12)14-15-11(13)9-6-4-8(2)5-7-9/h3-10,27-28H,1-2H3,(H,23,24)(H,25,26);4-7H,3H2,1-2H3. The molecular weight excluding hydrogens is 564 g/mol. The molecule has 0 aliphatic carbocycles. The van der Waals surface area contributed by atoms with Crippen LogP contribution in [-0.4, -0.2) is 67.1 Å². The van der Waals surface area contributed by atoms with Crippen LogP contribution >= 0.6 is 0 Å². The summed E-state index contributed by atoms with van der Waals surface area (Å²) in [7, 11) is 0. The molecule has 0 saturated carbocycles. The number of aliphatic hydroxyl groups is 2. The van der Waals surface area contributed by atoms with E-state index < -0.39 is 46.6 Å². The number of aliphatic carboxylic acids is 2. The number of Topliss-reactive ketones (excluding diaryl/α,β-unsaturated/α-hetero) is 2. The van der Waals surface area contributed by atoms with Crippen LogP contribution in [0.4, 0.5) is 0 Å². The molecule has 0 bridgehead atoms. The Morgan fingerprint density at radius 2 is 1.02 bits per heavy atom. The minimum Gasteiger partial charge on any atom is -0.479 e. The first-order valence-corrected chi connectivity index (χ1v) is 12.7. The van der Waals surface area contributed by atoms with Gasteiger partial charge in [-0.1, -0.05) is 73.2 Å². The zero-order valence-electron chi connectivity index (χ0n) is 23.7. The van der Waals surface area contributed by atoms with Gasteiger partial charge < -0.3 is 20.4 Å². The molecule has 226 valence electrons. The van der Waals surface area contributed by atoms with Crippen molar-refractivity contribution in [2.75, 3.05) is 0 Å². The fourth-order valence-corrected chi connectivity index (χ4v) is 3.76. The quantitative estimate of drug-likeness (QED) is 0.122. The van der Waals surface area contributed by atoms with Crippen LogP contribution in [0, 0.1) is 20.8 Å². The van der Waals surface area contributed by atoms with Gasteiger partial charge in [-0.15, -0.1) is 0 Å². The lowest BCUT2D eigenvalue weighted by molar-refractivity contribution is -0.233. The number of hydrogen-bond acceptors (Lipinski definition) is 10. The Bertz CT molecular complexity index is 1460. The maximum absolute atomic E-state index is 12.9. The highest BCUT2D eigenvalue weighted by Gasteiger charge is 2.70. The zero-order valence-corrected chi connectivity index (χ0v) is 23.7. The average Bonchev–Trinajstić information content (AvgIpc) is 2.99. The summed E-state index contributed by atoms with van der Waals surface area (Å²) in [6.45, 7) is 6.38. The van der Waals surface area contributed by atoms with E-state index in [0.29, 0.717) is 5.56 Å². The Morgan fingerprint density at radius 1 is 0.628 bits per heavy atom. The van der Waals surface area contributed by atoms with Crippen LogP contribution in [0.3, 0.4) is 0 Å². The lowest BCUT2D eigenvalue weighted by Gasteiger charge is -2.35. The second-order valence-corrected chi connectivity index (χ2v) is 9.36. The monoisotopic (exact) mass is 594 g/mol. The zero-order chi connectivity index (χ0) is 32.5. The van der Waals surface area contributed by atoms with E-state index in [-0.39, 0.29) is 28.7 Å². The van der Waals surface area contributed by atoms with Gasteiger partial charge >= 0.3 is 23.9 Å². The molecule has 12 heteroatoms. The molecule has 0 amide bonds. The third-order valence-electron chi connectivity index (χ3n) is 6.37. The van der Waals surface area contributed by atoms with E-state index in [4.69, 9.17) is 0 Å². The number of carbonyl (C=O) groups is 6. The summed E-state index contributed by atoms with van der Waals surface area (Å²) in [5.74, 6) is -9.22. The highest BCUT2D eigenvalue weighted by molar-refractivity contribution is 6.28. The summed E-state index contributed by atoms with van der Waals surface area (Å²) in [5.41, 5.74) is -6.78. The fraction of sp³-hybridized carbons (Fsp3) is 0.226. The van der Waals surface area contributed by atoms with E-state index in [1.54, 1.807) is 31.2 Å². The Morgan fingerprint density at radius 3 is 1.37 bits per heavy atom. The number of rotatable bonds is 9. The minimum atomic E-state index is -3.97. The van der Waals surface area contributed by atoms with Gasteiger partial charge in [0.25, 0.3) is 11.2 Å². The number of carboxylic acid groups (broad SMARTS) is 2. The molecule has 3 rings (SSSR count). The third-order valence-corrected chi connectivity index (χ3v) is 6.37. The molecule has 0 aliphatic rings. The van der Waals surface area contributed by atoms with E-state index in [2.05, 4.69) is 9.78 Å². The van der Waals surface area contributed by atoms with Gasteiger partial charge in [-0.25, -0.2) is 29.0 Å². The van der Waals surface area contributed by atoms with Crippen molar-refractivity contribution < 1.29 is 59.0 Å². The molecule has 0 spiro atoms. The van der Waals surface area contributed by atoms with E-state index in [9.17, 15) is 49.2 Å². The van der Waals surface area contributed by atoms with Crippen LogP contribution in [0.25, 0.3) is 0 Å². The third kappa shape index (κ3) is 7.18. The molecule has 3 aromatic rings. The SMILES string of the molecule is CCC(=O)OOC(=O)c1ccc(C)cc1.Cc1ccccc1C(=O)C(O)(C(=O)O)C(O)(C(=O)O)C(=O)c1ccccc1C. The first kappa shape index (κ1) is 34.0. The number of ketones is 2. The second kappa shape index (κ2) is 14.1. The smallest absolute Gasteiger partial charge is 0.386 e. The maximum Gasteiger partial charge on any atom is 0.386 e. The molecule has 0 radical (unpaired) electrons. The first-order chi connectivity index (χ1) is 20.1. The topological polar surface area (TPSA) is 202 Å². The number of hydrogen-bond donors (Lipinski definition) is 4. The van der Waals surface area contributed by atoms with Gasteiger partial charge in [-0.2, -0.15) is 0 Å². The van der Waals surface area contributed by atoms with Gasteiger partial charge in [0.1, 0.15) is 0 Å². The van der Waals surface area contributed by atoms with Crippen molar-refractivity contribution >= 4 is 35.4 Å². The summed E-state index contributed by atoms with van der Waals surface area (Å²) >= 11 is 0. The predicted molar refractivity (Wildman–Crippen MR) is 149 cm³/mol. The summed E-state index contributed by atoms with van der Waals surface area (Å²) in [5, 5.41) is 40.6. The molecule has 0 aliphatic heterocycles. The maximum atomic E-state index is 12.9. The Hall–Kier alpha value is -5.20. The molecule has 4 N–H and O–H groups in total. The Labute approximate surface area is 246 Å². The average molecular weight is 595 g/mol. The second-order valence-electron chi connectivity index (χ2n) is 9.36. The Balaban J connectivity index is 0.000000362. The normalized spacial score (nSPS) is 13.2. The van der Waals surface area contributed by atoms with Gasteiger partial charge in [0.05, 0.1) is 5.56 Å². The molecule has 3 aromatic carbocycles. The van der Waals surface area contributed by atoms with Gasteiger partial charge in [0.15, 0.2) is 0 Å². The molecule has 12 nitrogen and oxygen atoms in total. The lowest BCUT2D eigenvalue weighted by atomic mass is 9.72. The van der Waals surface area contributed by atoms with Crippen LogP contribution in [-0.2, 0) is 24.2 Å². The van der Waals surface area contributed by atoms with Gasteiger partial charge in [0.2, 0.25) is 11.6 Å². The van der Waals surface area contributed by atoms with Crippen molar-refractivity contribution in [1.29, 1.82) is 0 Å². The number of aryl methyl sites for hydroxylation is 3. The molecular formula is C31H30O12. The van der Waals surface area contributed by atoms with E-state index >= 15 is 0 Å². The van der Waals surface area contributed by atoms with Crippen molar-refractivity contribution in [3.05, 3.63) is 106 Å². The van der Waals surface area contributed by atoms with Crippen molar-refractivity contribution in [1.82, 2.24) is 0 Å². The number of carboxylic acids is 2.